The number of primary amides is 2. The molecule has 0 saturated heterocycles. The quantitative estimate of drug-likeness (QED) is 0.572. The Morgan fingerprint density at radius 1 is 1.26 bits per heavy atom. The molecule has 2 amide bonds. The molecule has 8 nitrogen and oxygen atoms in total. The van der Waals surface area contributed by atoms with Gasteiger partial charge in [0.25, 0.3) is 0 Å². The number of carbonyl (C=O) groups excluding carboxylic acids is 2. The van der Waals surface area contributed by atoms with Crippen molar-refractivity contribution in [2.24, 2.45) is 11.5 Å². The van der Waals surface area contributed by atoms with Crippen molar-refractivity contribution >= 4 is 23.5 Å². The first-order chi connectivity index (χ1) is 8.99. The van der Waals surface area contributed by atoms with Gasteiger partial charge in [0, 0.05) is 12.6 Å². The van der Waals surface area contributed by atoms with Gasteiger partial charge in [-0.3, -0.25) is 9.59 Å². The van der Waals surface area contributed by atoms with E-state index >= 15 is 0 Å². The lowest BCUT2D eigenvalue weighted by Crippen LogP contribution is -2.40. The number of aromatic nitrogens is 2. The number of hydrogen-bond donors (Lipinski definition) is 3. The third-order valence-corrected chi connectivity index (χ3v) is 2.51. The number of anilines is 2. The Hall–Kier alpha value is -2.38. The van der Waals surface area contributed by atoms with Crippen LogP contribution in [0.2, 0.25) is 0 Å². The molecule has 0 bridgehead atoms. The number of hydrogen-bond acceptors (Lipinski definition) is 6. The molecule has 1 aromatic rings. The average molecular weight is 266 g/mol. The van der Waals surface area contributed by atoms with Crippen molar-refractivity contribution in [3.8, 4) is 0 Å². The molecule has 0 spiro atoms. The molecule has 0 aromatic carbocycles. The highest BCUT2D eigenvalue weighted by atomic mass is 16.2. The number of nitrogens with two attached hydrogens (primary N) is 2. The molecule has 8 heteroatoms. The van der Waals surface area contributed by atoms with Crippen LogP contribution in [0.25, 0.3) is 0 Å². The van der Waals surface area contributed by atoms with Crippen molar-refractivity contribution in [1.29, 1.82) is 0 Å². The van der Waals surface area contributed by atoms with E-state index in [1.165, 1.54) is 11.2 Å². The standard InChI is InChI=1S/C11H18N6O2/c1-3-7-10(14-2)15-6-16-11(7)17(4-8(12)18)5-9(13)19/h6H,3-5H2,1-2H3,(H2,12,18)(H2,13,19)(H,14,15,16). The molecular weight excluding hydrogens is 248 g/mol. The SMILES string of the molecule is CCc1c(NC)ncnc1N(CC(N)=O)CC(N)=O. The minimum absolute atomic E-state index is 0.129. The van der Waals surface area contributed by atoms with Gasteiger partial charge in [0.2, 0.25) is 11.8 Å². The lowest BCUT2D eigenvalue weighted by molar-refractivity contribution is -0.117. The molecule has 5 N–H and O–H groups in total. The molecule has 0 atom stereocenters. The summed E-state index contributed by atoms with van der Waals surface area (Å²) in [6.45, 7) is 1.67. The van der Waals surface area contributed by atoms with Crippen LogP contribution in [0.3, 0.4) is 0 Å². The second-order valence-electron chi connectivity index (χ2n) is 3.92. The molecule has 0 fully saturated rings. The Morgan fingerprint density at radius 2 is 1.84 bits per heavy atom. The topological polar surface area (TPSA) is 127 Å². The number of carbonyl (C=O) groups is 2. The minimum atomic E-state index is -0.562. The Bertz CT molecular complexity index is 460. The third-order valence-electron chi connectivity index (χ3n) is 2.51. The maximum Gasteiger partial charge on any atom is 0.237 e. The van der Waals surface area contributed by atoms with Gasteiger partial charge >= 0.3 is 0 Å². The number of amides is 2. The molecule has 0 aliphatic carbocycles. The van der Waals surface area contributed by atoms with Crippen LogP contribution < -0.4 is 21.7 Å². The largest absolute Gasteiger partial charge is 0.373 e. The zero-order valence-electron chi connectivity index (χ0n) is 11.0. The summed E-state index contributed by atoms with van der Waals surface area (Å²) < 4.78 is 0. The summed E-state index contributed by atoms with van der Waals surface area (Å²) in [4.78, 5) is 31.8. The van der Waals surface area contributed by atoms with Crippen LogP contribution in [0.15, 0.2) is 6.33 Å². The van der Waals surface area contributed by atoms with Crippen molar-refractivity contribution < 1.29 is 9.59 Å². The van der Waals surface area contributed by atoms with Crippen molar-refractivity contribution in [1.82, 2.24) is 9.97 Å². The van der Waals surface area contributed by atoms with E-state index in [1.54, 1.807) is 7.05 Å². The zero-order chi connectivity index (χ0) is 14.4. The highest BCUT2D eigenvalue weighted by molar-refractivity contribution is 5.85. The maximum atomic E-state index is 11.1. The first-order valence-electron chi connectivity index (χ1n) is 5.82. The maximum absolute atomic E-state index is 11.1. The van der Waals surface area contributed by atoms with E-state index in [9.17, 15) is 9.59 Å². The minimum Gasteiger partial charge on any atom is -0.373 e. The molecule has 0 radical (unpaired) electrons. The molecule has 0 unspecified atom stereocenters. The molecule has 1 aromatic heterocycles. The summed E-state index contributed by atoms with van der Waals surface area (Å²) in [5.74, 6) is 0.00624. The first kappa shape index (κ1) is 14.7. The monoisotopic (exact) mass is 266 g/mol. The number of nitrogens with one attached hydrogen (secondary N) is 1. The number of rotatable bonds is 7. The van der Waals surface area contributed by atoms with E-state index in [0.717, 1.165) is 5.56 Å². The van der Waals surface area contributed by atoms with E-state index in [4.69, 9.17) is 11.5 Å². The van der Waals surface area contributed by atoms with Gasteiger partial charge in [0.1, 0.15) is 18.0 Å². The summed E-state index contributed by atoms with van der Waals surface area (Å²) in [6.07, 6.45) is 2.00. The van der Waals surface area contributed by atoms with Crippen LogP contribution in [-0.4, -0.2) is 41.9 Å². The fraction of sp³-hybridized carbons (Fsp3) is 0.455. The van der Waals surface area contributed by atoms with E-state index < -0.39 is 11.8 Å². The Balaban J connectivity index is 3.20. The van der Waals surface area contributed by atoms with Gasteiger partial charge in [-0.2, -0.15) is 0 Å². The summed E-state index contributed by atoms with van der Waals surface area (Å²) in [5.41, 5.74) is 11.2. The predicted octanol–water partition coefficient (Wildman–Crippen LogP) is -1.14. The van der Waals surface area contributed by atoms with E-state index in [2.05, 4.69) is 15.3 Å². The van der Waals surface area contributed by atoms with Crippen molar-refractivity contribution in [3.05, 3.63) is 11.9 Å². The predicted molar refractivity (Wildman–Crippen MR) is 71.6 cm³/mol. The van der Waals surface area contributed by atoms with Gasteiger partial charge in [-0.25, -0.2) is 9.97 Å². The van der Waals surface area contributed by atoms with Gasteiger partial charge in [0.05, 0.1) is 13.1 Å². The molecule has 0 aliphatic heterocycles. The highest BCUT2D eigenvalue weighted by Crippen LogP contribution is 2.23. The van der Waals surface area contributed by atoms with E-state index in [0.29, 0.717) is 18.1 Å². The lowest BCUT2D eigenvalue weighted by atomic mass is 10.2. The van der Waals surface area contributed by atoms with Crippen LogP contribution in [0.1, 0.15) is 12.5 Å². The van der Waals surface area contributed by atoms with Crippen LogP contribution in [0.4, 0.5) is 11.6 Å². The molecule has 1 heterocycles. The van der Waals surface area contributed by atoms with Crippen LogP contribution in [0, 0.1) is 0 Å². The summed E-state index contributed by atoms with van der Waals surface area (Å²) in [7, 11) is 1.73. The normalized spacial score (nSPS) is 10.0. The zero-order valence-corrected chi connectivity index (χ0v) is 11.0. The average Bonchev–Trinajstić information content (AvgIpc) is 2.35. The Kier molecular flexibility index (Phi) is 5.04. The molecule has 104 valence electrons. The van der Waals surface area contributed by atoms with Crippen molar-refractivity contribution in [3.63, 3.8) is 0 Å². The second kappa shape index (κ2) is 6.53. The van der Waals surface area contributed by atoms with E-state index in [-0.39, 0.29) is 13.1 Å². The van der Waals surface area contributed by atoms with Gasteiger partial charge < -0.3 is 21.7 Å². The van der Waals surface area contributed by atoms with Crippen LogP contribution >= 0.6 is 0 Å². The summed E-state index contributed by atoms with van der Waals surface area (Å²) in [5, 5.41) is 2.94. The lowest BCUT2D eigenvalue weighted by Gasteiger charge is -2.23. The Labute approximate surface area is 111 Å². The fourth-order valence-corrected chi connectivity index (χ4v) is 1.80. The van der Waals surface area contributed by atoms with Crippen LogP contribution in [0.5, 0.6) is 0 Å². The van der Waals surface area contributed by atoms with Crippen molar-refractivity contribution in [2.75, 3.05) is 30.4 Å². The smallest absolute Gasteiger partial charge is 0.237 e. The van der Waals surface area contributed by atoms with Crippen molar-refractivity contribution in [2.45, 2.75) is 13.3 Å². The summed E-state index contributed by atoms with van der Waals surface area (Å²) >= 11 is 0. The molecule has 19 heavy (non-hydrogen) atoms. The molecular formula is C11H18N6O2. The van der Waals surface area contributed by atoms with E-state index in [1.807, 2.05) is 6.92 Å². The van der Waals surface area contributed by atoms with Gasteiger partial charge in [0.15, 0.2) is 0 Å². The van der Waals surface area contributed by atoms with Gasteiger partial charge in [-0.05, 0) is 6.42 Å². The molecule has 1 rings (SSSR count). The Morgan fingerprint density at radius 3 is 2.26 bits per heavy atom. The van der Waals surface area contributed by atoms with Gasteiger partial charge in [-0.1, -0.05) is 6.92 Å². The third kappa shape index (κ3) is 3.80. The molecule has 0 saturated carbocycles. The number of nitrogens with zero attached hydrogens (tertiary/aromatic N) is 3. The molecule has 0 aliphatic rings. The highest BCUT2D eigenvalue weighted by Gasteiger charge is 2.18. The second-order valence-corrected chi connectivity index (χ2v) is 3.92. The van der Waals surface area contributed by atoms with Gasteiger partial charge in [-0.15, -0.1) is 0 Å². The van der Waals surface area contributed by atoms with Crippen LogP contribution in [-0.2, 0) is 16.0 Å². The fourth-order valence-electron chi connectivity index (χ4n) is 1.80. The summed E-state index contributed by atoms with van der Waals surface area (Å²) in [6, 6.07) is 0. The first-order valence-corrected chi connectivity index (χ1v) is 5.82.